The maximum atomic E-state index is 12.6. The van der Waals surface area contributed by atoms with Crippen molar-refractivity contribution in [2.45, 2.75) is 45.4 Å². The van der Waals surface area contributed by atoms with E-state index in [0.717, 1.165) is 5.56 Å². The number of hydrogen-bond donors (Lipinski definition) is 1. The molecule has 3 rings (SSSR count). The number of aromatic nitrogens is 3. The topological polar surface area (TPSA) is 107 Å². The second-order valence-corrected chi connectivity index (χ2v) is 8.57. The van der Waals surface area contributed by atoms with Gasteiger partial charge in [-0.2, -0.15) is 0 Å². The first-order chi connectivity index (χ1) is 14.6. The highest BCUT2D eigenvalue weighted by atomic mass is 35.5. The molecule has 1 aliphatic rings. The van der Waals surface area contributed by atoms with Crippen LogP contribution in [-0.2, 0) is 9.47 Å². The van der Waals surface area contributed by atoms with Gasteiger partial charge in [0.15, 0.2) is 0 Å². The third-order valence-electron chi connectivity index (χ3n) is 4.72. The third kappa shape index (κ3) is 5.48. The molecule has 0 aromatic carbocycles. The predicted octanol–water partition coefficient (Wildman–Crippen LogP) is 3.25. The SMILES string of the molecule is CNC(=O)c1cc(-c2cc(C3OCCN(C(=O)OC(C)(C)C)C3C)cc(Cl)n2)ncn1. The molecule has 31 heavy (non-hydrogen) atoms. The fourth-order valence-corrected chi connectivity index (χ4v) is 3.52. The molecule has 0 bridgehead atoms. The van der Waals surface area contributed by atoms with E-state index < -0.39 is 11.7 Å². The Balaban J connectivity index is 1.91. The van der Waals surface area contributed by atoms with E-state index in [4.69, 9.17) is 21.1 Å². The van der Waals surface area contributed by atoms with Gasteiger partial charge in [-0.05, 0) is 51.5 Å². The van der Waals surface area contributed by atoms with Crippen molar-refractivity contribution in [2.75, 3.05) is 20.2 Å². The maximum Gasteiger partial charge on any atom is 0.410 e. The molecule has 0 aliphatic carbocycles. The highest BCUT2D eigenvalue weighted by Crippen LogP contribution is 2.32. The van der Waals surface area contributed by atoms with Gasteiger partial charge in [0.1, 0.15) is 28.9 Å². The average Bonchev–Trinajstić information content (AvgIpc) is 2.71. The summed E-state index contributed by atoms with van der Waals surface area (Å²) in [6.45, 7) is 8.18. The molecule has 10 heteroatoms. The summed E-state index contributed by atoms with van der Waals surface area (Å²) in [7, 11) is 1.53. The molecule has 166 valence electrons. The number of hydrogen-bond acceptors (Lipinski definition) is 7. The zero-order valence-corrected chi connectivity index (χ0v) is 18.9. The first-order valence-corrected chi connectivity index (χ1v) is 10.3. The molecule has 1 aliphatic heterocycles. The molecular formula is C21H26ClN5O4. The number of rotatable bonds is 3. The van der Waals surface area contributed by atoms with Crippen molar-refractivity contribution in [2.24, 2.45) is 0 Å². The van der Waals surface area contributed by atoms with Gasteiger partial charge in [-0.25, -0.2) is 19.7 Å². The van der Waals surface area contributed by atoms with E-state index in [1.807, 2.05) is 27.7 Å². The summed E-state index contributed by atoms with van der Waals surface area (Å²) in [5, 5.41) is 2.77. The van der Waals surface area contributed by atoms with Crippen LogP contribution < -0.4 is 5.32 Å². The lowest BCUT2D eigenvalue weighted by atomic mass is 10.0. The number of nitrogens with zero attached hydrogens (tertiary/aromatic N) is 4. The Labute approximate surface area is 186 Å². The van der Waals surface area contributed by atoms with Gasteiger partial charge >= 0.3 is 6.09 Å². The van der Waals surface area contributed by atoms with Crippen molar-refractivity contribution < 1.29 is 19.1 Å². The minimum atomic E-state index is -0.590. The summed E-state index contributed by atoms with van der Waals surface area (Å²) >= 11 is 6.29. The van der Waals surface area contributed by atoms with E-state index in [1.54, 1.807) is 23.1 Å². The molecule has 1 N–H and O–H groups in total. The second-order valence-electron chi connectivity index (χ2n) is 8.18. The zero-order valence-electron chi connectivity index (χ0n) is 18.2. The maximum absolute atomic E-state index is 12.6. The van der Waals surface area contributed by atoms with Gasteiger partial charge < -0.3 is 19.7 Å². The van der Waals surface area contributed by atoms with Crippen LogP contribution in [0.15, 0.2) is 24.5 Å². The molecule has 0 saturated carbocycles. The molecule has 2 amide bonds. The number of nitrogens with one attached hydrogen (secondary N) is 1. The normalized spacial score (nSPS) is 19.1. The lowest BCUT2D eigenvalue weighted by molar-refractivity contribution is -0.0723. The summed E-state index contributed by atoms with van der Waals surface area (Å²) in [6.07, 6.45) is 0.479. The van der Waals surface area contributed by atoms with Crippen LogP contribution in [0.3, 0.4) is 0 Å². The minimum absolute atomic E-state index is 0.217. The lowest BCUT2D eigenvalue weighted by Gasteiger charge is -2.40. The largest absolute Gasteiger partial charge is 0.444 e. The van der Waals surface area contributed by atoms with E-state index in [2.05, 4.69) is 20.3 Å². The number of carbonyl (C=O) groups is 2. The Hall–Kier alpha value is -2.78. The Morgan fingerprint density at radius 2 is 1.97 bits per heavy atom. The van der Waals surface area contributed by atoms with Crippen LogP contribution in [0.4, 0.5) is 4.79 Å². The fraction of sp³-hybridized carbons (Fsp3) is 0.476. The molecule has 3 heterocycles. The van der Waals surface area contributed by atoms with E-state index in [0.29, 0.717) is 24.5 Å². The first-order valence-electron chi connectivity index (χ1n) is 9.92. The van der Waals surface area contributed by atoms with Crippen molar-refractivity contribution >= 4 is 23.6 Å². The standard InChI is InChI=1S/C21H26ClN5O4/c1-12-18(30-7-6-27(12)20(29)31-21(2,3)4)13-8-15(26-17(22)9-13)14-10-16(19(28)23-5)25-11-24-14/h8-12,18H,6-7H2,1-5H3,(H,23,28). The molecule has 0 radical (unpaired) electrons. The second kappa shape index (κ2) is 9.15. The Bertz CT molecular complexity index is 978. The molecular weight excluding hydrogens is 422 g/mol. The van der Waals surface area contributed by atoms with Gasteiger partial charge in [0.25, 0.3) is 5.91 Å². The van der Waals surface area contributed by atoms with Crippen molar-refractivity contribution in [3.63, 3.8) is 0 Å². The smallest absolute Gasteiger partial charge is 0.410 e. The van der Waals surface area contributed by atoms with Crippen molar-refractivity contribution in [1.82, 2.24) is 25.2 Å². The summed E-state index contributed by atoms with van der Waals surface area (Å²) in [4.78, 5) is 38.7. The molecule has 9 nitrogen and oxygen atoms in total. The van der Waals surface area contributed by atoms with Crippen LogP contribution in [0, 0.1) is 0 Å². The first kappa shape index (κ1) is 22.9. The number of amides is 2. The number of ether oxygens (including phenoxy) is 2. The number of halogens is 1. The summed E-state index contributed by atoms with van der Waals surface area (Å²) in [5.74, 6) is -0.330. The molecule has 1 fully saturated rings. The zero-order chi connectivity index (χ0) is 22.8. The molecule has 2 aromatic heterocycles. The monoisotopic (exact) mass is 447 g/mol. The van der Waals surface area contributed by atoms with E-state index in [1.165, 1.54) is 13.4 Å². The molecule has 2 unspecified atom stereocenters. The van der Waals surface area contributed by atoms with Gasteiger partial charge in [-0.1, -0.05) is 11.6 Å². The van der Waals surface area contributed by atoms with Crippen LogP contribution in [0.25, 0.3) is 11.4 Å². The van der Waals surface area contributed by atoms with Crippen molar-refractivity contribution in [3.05, 3.63) is 40.9 Å². The van der Waals surface area contributed by atoms with Gasteiger partial charge in [0.05, 0.1) is 24.0 Å². The van der Waals surface area contributed by atoms with Gasteiger partial charge in [0, 0.05) is 13.6 Å². The highest BCUT2D eigenvalue weighted by Gasteiger charge is 2.35. The van der Waals surface area contributed by atoms with Crippen LogP contribution in [-0.4, -0.2) is 63.7 Å². The molecule has 1 saturated heterocycles. The average molecular weight is 448 g/mol. The quantitative estimate of drug-likeness (QED) is 0.719. The van der Waals surface area contributed by atoms with Gasteiger partial charge in [-0.3, -0.25) is 4.79 Å². The van der Waals surface area contributed by atoms with Gasteiger partial charge in [0.2, 0.25) is 0 Å². The number of pyridine rings is 1. The number of carbonyl (C=O) groups excluding carboxylic acids is 2. The van der Waals surface area contributed by atoms with E-state index in [-0.39, 0.29) is 28.9 Å². The van der Waals surface area contributed by atoms with E-state index in [9.17, 15) is 9.59 Å². The Morgan fingerprint density at radius 1 is 1.23 bits per heavy atom. The third-order valence-corrected chi connectivity index (χ3v) is 4.92. The molecule has 2 atom stereocenters. The van der Waals surface area contributed by atoms with Crippen molar-refractivity contribution in [1.29, 1.82) is 0 Å². The minimum Gasteiger partial charge on any atom is -0.444 e. The van der Waals surface area contributed by atoms with Crippen LogP contribution in [0.2, 0.25) is 5.15 Å². The van der Waals surface area contributed by atoms with Crippen LogP contribution >= 0.6 is 11.6 Å². The van der Waals surface area contributed by atoms with E-state index >= 15 is 0 Å². The predicted molar refractivity (Wildman–Crippen MR) is 115 cm³/mol. The Kier molecular flexibility index (Phi) is 6.76. The summed E-state index contributed by atoms with van der Waals surface area (Å²) in [5.41, 5.74) is 1.29. The highest BCUT2D eigenvalue weighted by molar-refractivity contribution is 6.29. The summed E-state index contributed by atoms with van der Waals surface area (Å²) in [6, 6.07) is 4.74. The summed E-state index contributed by atoms with van der Waals surface area (Å²) < 4.78 is 11.5. The number of morpholine rings is 1. The molecule has 0 spiro atoms. The fourth-order valence-electron chi connectivity index (χ4n) is 3.30. The van der Waals surface area contributed by atoms with Gasteiger partial charge in [-0.15, -0.1) is 0 Å². The molecule has 2 aromatic rings. The van der Waals surface area contributed by atoms with Crippen LogP contribution in [0.5, 0.6) is 0 Å². The van der Waals surface area contributed by atoms with Crippen LogP contribution in [0.1, 0.15) is 49.9 Å². The Morgan fingerprint density at radius 3 is 2.65 bits per heavy atom. The van der Waals surface area contributed by atoms with Crippen molar-refractivity contribution in [3.8, 4) is 11.4 Å². The lowest BCUT2D eigenvalue weighted by Crippen LogP contribution is -2.50.